The molecule has 2 aliphatic heterocycles. The third-order valence-corrected chi connectivity index (χ3v) is 5.35. The van der Waals surface area contributed by atoms with E-state index in [0.29, 0.717) is 5.75 Å². The first-order chi connectivity index (χ1) is 8.55. The molecule has 1 N–H and O–H groups in total. The lowest BCUT2D eigenvalue weighted by molar-refractivity contribution is 0.598. The third kappa shape index (κ3) is 2.05. The number of hydrogen-bond donors (Lipinski definition) is 1. The molecule has 1 saturated heterocycles. The topological polar surface area (TPSA) is 62.3 Å². The Kier molecular flexibility index (Phi) is 2.69. The fourth-order valence-corrected chi connectivity index (χ4v) is 4.42. The molecule has 1 aromatic heterocycles. The Morgan fingerprint density at radius 3 is 3.00 bits per heavy atom. The van der Waals surface area contributed by atoms with Crippen LogP contribution in [0.5, 0.6) is 0 Å². The molecule has 5 nitrogen and oxygen atoms in total. The van der Waals surface area contributed by atoms with Gasteiger partial charge in [0.2, 0.25) is 0 Å². The summed E-state index contributed by atoms with van der Waals surface area (Å²) in [6, 6.07) is 4.08. The Bertz CT molecular complexity index is 571. The summed E-state index contributed by atoms with van der Waals surface area (Å²) >= 11 is 0. The van der Waals surface area contributed by atoms with Crippen LogP contribution in [0.4, 0.5) is 11.5 Å². The number of rotatable bonds is 1. The van der Waals surface area contributed by atoms with E-state index in [4.69, 9.17) is 0 Å². The molecule has 1 unspecified atom stereocenters. The zero-order valence-electron chi connectivity index (χ0n) is 10.4. The lowest BCUT2D eigenvalue weighted by Gasteiger charge is -2.35. The molecule has 98 valence electrons. The second kappa shape index (κ2) is 4.12. The second-order valence-corrected chi connectivity index (χ2v) is 7.23. The molecule has 2 aliphatic rings. The molecule has 0 aromatic carbocycles. The molecule has 0 aliphatic carbocycles. The summed E-state index contributed by atoms with van der Waals surface area (Å²) in [4.78, 5) is 6.71. The van der Waals surface area contributed by atoms with Gasteiger partial charge in [0.05, 0.1) is 17.2 Å². The van der Waals surface area contributed by atoms with Crippen molar-refractivity contribution in [2.75, 3.05) is 34.8 Å². The van der Waals surface area contributed by atoms with Gasteiger partial charge in [0.15, 0.2) is 15.7 Å². The molecule has 3 rings (SSSR count). The molecule has 0 bridgehead atoms. The van der Waals surface area contributed by atoms with E-state index < -0.39 is 9.84 Å². The molecule has 1 fully saturated rings. The van der Waals surface area contributed by atoms with E-state index in [0.717, 1.165) is 36.7 Å². The maximum atomic E-state index is 11.6. The van der Waals surface area contributed by atoms with Gasteiger partial charge in [-0.1, -0.05) is 0 Å². The summed E-state index contributed by atoms with van der Waals surface area (Å²) in [5.41, 5.74) is 1.97. The molecule has 0 amide bonds. The van der Waals surface area contributed by atoms with E-state index >= 15 is 0 Å². The van der Waals surface area contributed by atoms with Gasteiger partial charge < -0.3 is 10.2 Å². The first-order valence-corrected chi connectivity index (χ1v) is 8.06. The molecular weight excluding hydrogens is 250 g/mol. The van der Waals surface area contributed by atoms with Crippen LogP contribution < -0.4 is 10.2 Å². The minimum atomic E-state index is -2.85. The van der Waals surface area contributed by atoms with E-state index in [1.165, 1.54) is 0 Å². The molecule has 6 heteroatoms. The quantitative estimate of drug-likeness (QED) is 0.816. The summed E-state index contributed by atoms with van der Waals surface area (Å²) in [6.45, 7) is 3.62. The molecule has 1 atom stereocenters. The molecule has 0 spiro atoms. The van der Waals surface area contributed by atoms with Gasteiger partial charge in [0, 0.05) is 24.8 Å². The van der Waals surface area contributed by atoms with E-state index in [1.54, 1.807) is 0 Å². The summed E-state index contributed by atoms with van der Waals surface area (Å²) in [7, 11) is -2.85. The standard InChI is InChI=1S/C12H17N3O2S/c1-9-2-3-11-12(14-9)15(6-5-13-11)10-4-7-18(16,17)8-10/h2-3,10,13H,4-8H2,1H3. The van der Waals surface area contributed by atoms with Crippen molar-refractivity contribution in [3.8, 4) is 0 Å². The average Bonchev–Trinajstić information content (AvgIpc) is 2.69. The summed E-state index contributed by atoms with van der Waals surface area (Å²) in [5, 5.41) is 3.31. The highest BCUT2D eigenvalue weighted by Crippen LogP contribution is 2.31. The minimum Gasteiger partial charge on any atom is -0.380 e. The van der Waals surface area contributed by atoms with Crippen molar-refractivity contribution in [2.45, 2.75) is 19.4 Å². The zero-order chi connectivity index (χ0) is 12.8. The lowest BCUT2D eigenvalue weighted by atomic mass is 10.1. The fourth-order valence-electron chi connectivity index (χ4n) is 2.69. The molecule has 18 heavy (non-hydrogen) atoms. The molecule has 1 aromatic rings. The predicted molar refractivity (Wildman–Crippen MR) is 71.9 cm³/mol. The SMILES string of the molecule is Cc1ccc2c(n1)N(C1CCS(=O)(=O)C1)CCN2. The van der Waals surface area contributed by atoms with Crippen LogP contribution in [0.25, 0.3) is 0 Å². The maximum absolute atomic E-state index is 11.6. The van der Waals surface area contributed by atoms with Crippen molar-refractivity contribution in [1.82, 2.24) is 4.98 Å². The first-order valence-electron chi connectivity index (χ1n) is 6.24. The third-order valence-electron chi connectivity index (χ3n) is 3.60. The van der Waals surface area contributed by atoms with Gasteiger partial charge in [0.1, 0.15) is 0 Å². The number of nitrogens with one attached hydrogen (secondary N) is 1. The van der Waals surface area contributed by atoms with E-state index in [9.17, 15) is 8.42 Å². The van der Waals surface area contributed by atoms with Gasteiger partial charge in [-0.05, 0) is 25.5 Å². The van der Waals surface area contributed by atoms with Crippen molar-refractivity contribution >= 4 is 21.3 Å². The van der Waals surface area contributed by atoms with Crippen molar-refractivity contribution in [3.63, 3.8) is 0 Å². The van der Waals surface area contributed by atoms with Crippen LogP contribution in [-0.4, -0.2) is 44.0 Å². The van der Waals surface area contributed by atoms with Crippen molar-refractivity contribution in [2.24, 2.45) is 0 Å². The van der Waals surface area contributed by atoms with Crippen molar-refractivity contribution in [3.05, 3.63) is 17.8 Å². The van der Waals surface area contributed by atoms with Crippen LogP contribution >= 0.6 is 0 Å². The number of aryl methyl sites for hydroxylation is 1. The van der Waals surface area contributed by atoms with Gasteiger partial charge >= 0.3 is 0 Å². The van der Waals surface area contributed by atoms with E-state index in [-0.39, 0.29) is 11.8 Å². The Morgan fingerprint density at radius 2 is 2.28 bits per heavy atom. The van der Waals surface area contributed by atoms with Crippen molar-refractivity contribution < 1.29 is 8.42 Å². The maximum Gasteiger partial charge on any atom is 0.152 e. The van der Waals surface area contributed by atoms with Crippen LogP contribution in [0.3, 0.4) is 0 Å². The van der Waals surface area contributed by atoms with Crippen LogP contribution in [0.15, 0.2) is 12.1 Å². The number of pyridine rings is 1. The molecular formula is C12H17N3O2S. The van der Waals surface area contributed by atoms with Crippen molar-refractivity contribution in [1.29, 1.82) is 0 Å². The fraction of sp³-hybridized carbons (Fsp3) is 0.583. The number of sulfone groups is 1. The minimum absolute atomic E-state index is 0.0881. The molecule has 0 radical (unpaired) electrons. The average molecular weight is 267 g/mol. The normalized spacial score (nSPS) is 25.6. The number of nitrogens with zero attached hydrogens (tertiary/aromatic N) is 2. The first kappa shape index (κ1) is 11.8. The highest BCUT2D eigenvalue weighted by Gasteiger charge is 2.34. The Hall–Kier alpha value is -1.30. The van der Waals surface area contributed by atoms with E-state index in [2.05, 4.69) is 15.2 Å². The van der Waals surface area contributed by atoms with Crippen LogP contribution in [0.1, 0.15) is 12.1 Å². The van der Waals surface area contributed by atoms with Crippen LogP contribution in [-0.2, 0) is 9.84 Å². The van der Waals surface area contributed by atoms with E-state index in [1.807, 2.05) is 19.1 Å². The Labute approximate surface area is 107 Å². The number of aromatic nitrogens is 1. The largest absolute Gasteiger partial charge is 0.380 e. The summed E-state index contributed by atoms with van der Waals surface area (Å²) in [6.07, 6.45) is 0.720. The van der Waals surface area contributed by atoms with Gasteiger partial charge in [-0.3, -0.25) is 0 Å². The predicted octanol–water partition coefficient (Wildman–Crippen LogP) is 0.809. The number of hydrogen-bond acceptors (Lipinski definition) is 5. The Balaban J connectivity index is 1.94. The highest BCUT2D eigenvalue weighted by atomic mass is 32.2. The van der Waals surface area contributed by atoms with Crippen LogP contribution in [0.2, 0.25) is 0 Å². The second-order valence-electron chi connectivity index (χ2n) is 5.00. The van der Waals surface area contributed by atoms with Gasteiger partial charge in [-0.25, -0.2) is 13.4 Å². The molecule has 3 heterocycles. The number of anilines is 2. The lowest BCUT2D eigenvalue weighted by Crippen LogP contribution is -2.43. The van der Waals surface area contributed by atoms with Gasteiger partial charge in [0.25, 0.3) is 0 Å². The number of fused-ring (bicyclic) bond motifs is 1. The summed E-state index contributed by atoms with van der Waals surface area (Å²) < 4.78 is 23.2. The smallest absolute Gasteiger partial charge is 0.152 e. The van der Waals surface area contributed by atoms with Crippen LogP contribution in [0, 0.1) is 6.92 Å². The van der Waals surface area contributed by atoms with Gasteiger partial charge in [-0.15, -0.1) is 0 Å². The van der Waals surface area contributed by atoms with Gasteiger partial charge in [-0.2, -0.15) is 0 Å². The monoisotopic (exact) mass is 267 g/mol. The zero-order valence-corrected chi connectivity index (χ0v) is 11.2. The Morgan fingerprint density at radius 1 is 1.44 bits per heavy atom. The molecule has 0 saturated carbocycles. The highest BCUT2D eigenvalue weighted by molar-refractivity contribution is 7.91. The summed E-state index contributed by atoms with van der Waals surface area (Å²) in [5.74, 6) is 1.48.